The van der Waals surface area contributed by atoms with Gasteiger partial charge in [-0.2, -0.15) is 0 Å². The number of amides is 1. The number of rotatable bonds is 1. The average molecular weight is 410 g/mol. The second-order valence-corrected chi connectivity index (χ2v) is 7.80. The molecule has 0 bridgehead atoms. The Morgan fingerprint density at radius 3 is 2.72 bits per heavy atom. The largest absolute Gasteiger partial charge is 0.390 e. The number of fused-ring (bicyclic) bond motifs is 2. The van der Waals surface area contributed by atoms with E-state index in [1.807, 2.05) is 6.07 Å². The van der Waals surface area contributed by atoms with Gasteiger partial charge in [-0.25, -0.2) is 0 Å². The van der Waals surface area contributed by atoms with Crippen LogP contribution < -0.4 is 11.1 Å². The van der Waals surface area contributed by atoms with Crippen molar-refractivity contribution in [2.24, 2.45) is 5.73 Å². The van der Waals surface area contributed by atoms with Gasteiger partial charge in [-0.05, 0) is 44.0 Å². The van der Waals surface area contributed by atoms with Crippen molar-refractivity contribution in [3.05, 3.63) is 21.4 Å². The summed E-state index contributed by atoms with van der Waals surface area (Å²) >= 11 is 1.57. The second-order valence-electron chi connectivity index (χ2n) is 6.75. The molecule has 1 amide bonds. The standard InChI is InChI=1S/C16H23N3O3S.2ClH/c17-11-8-19(9-12(11)20)15(21)13-7-10-1-6-22-16(14(10)23-13)2-4-18-5-3-16;;/h7,11-12,18,20H,1-6,8-9,17H2;2*1H/t11-,12-;;/m1../s1. The lowest BCUT2D eigenvalue weighted by Crippen LogP contribution is -2.43. The highest BCUT2D eigenvalue weighted by Gasteiger charge is 2.42. The van der Waals surface area contributed by atoms with Crippen molar-refractivity contribution in [1.29, 1.82) is 0 Å². The fraction of sp³-hybridized carbons (Fsp3) is 0.688. The van der Waals surface area contributed by atoms with E-state index in [9.17, 15) is 9.90 Å². The van der Waals surface area contributed by atoms with E-state index < -0.39 is 6.10 Å². The molecule has 1 spiro atoms. The number of piperidine rings is 1. The number of carbonyl (C=O) groups excluding carboxylic acids is 1. The van der Waals surface area contributed by atoms with Crippen molar-refractivity contribution in [2.75, 3.05) is 32.8 Å². The van der Waals surface area contributed by atoms with Crippen LogP contribution in [0.4, 0.5) is 0 Å². The molecule has 3 aliphatic heterocycles. The molecule has 2 saturated heterocycles. The Morgan fingerprint density at radius 1 is 1.36 bits per heavy atom. The van der Waals surface area contributed by atoms with E-state index in [0.29, 0.717) is 13.1 Å². The number of carbonyl (C=O) groups is 1. The van der Waals surface area contributed by atoms with E-state index >= 15 is 0 Å². The maximum atomic E-state index is 12.7. The molecule has 4 rings (SSSR count). The number of nitrogens with one attached hydrogen (secondary N) is 1. The minimum Gasteiger partial charge on any atom is -0.390 e. The summed E-state index contributed by atoms with van der Waals surface area (Å²) in [7, 11) is 0. The number of ether oxygens (including phenoxy) is 1. The highest BCUT2D eigenvalue weighted by Crippen LogP contribution is 2.44. The predicted molar refractivity (Wildman–Crippen MR) is 102 cm³/mol. The van der Waals surface area contributed by atoms with Crippen molar-refractivity contribution in [2.45, 2.75) is 37.0 Å². The molecule has 142 valence electrons. The first-order valence-corrected chi connectivity index (χ1v) is 9.11. The van der Waals surface area contributed by atoms with E-state index in [1.165, 1.54) is 10.4 Å². The van der Waals surface area contributed by atoms with Crippen LogP contribution in [0.2, 0.25) is 0 Å². The number of aliphatic hydroxyl groups is 1. The summed E-state index contributed by atoms with van der Waals surface area (Å²) in [5.41, 5.74) is 6.88. The molecule has 0 saturated carbocycles. The Hall–Kier alpha value is -0.410. The number of thiophene rings is 1. The van der Waals surface area contributed by atoms with Gasteiger partial charge in [0.15, 0.2) is 0 Å². The summed E-state index contributed by atoms with van der Waals surface area (Å²) < 4.78 is 6.17. The first kappa shape index (κ1) is 20.9. The molecule has 25 heavy (non-hydrogen) atoms. The van der Waals surface area contributed by atoms with Crippen LogP contribution in [-0.2, 0) is 16.8 Å². The zero-order valence-corrected chi connectivity index (χ0v) is 16.4. The second kappa shape index (κ2) is 8.08. The highest BCUT2D eigenvalue weighted by atomic mass is 35.5. The summed E-state index contributed by atoms with van der Waals surface area (Å²) in [5, 5.41) is 13.2. The third-order valence-electron chi connectivity index (χ3n) is 5.21. The van der Waals surface area contributed by atoms with Crippen molar-refractivity contribution in [1.82, 2.24) is 10.2 Å². The van der Waals surface area contributed by atoms with Gasteiger partial charge in [0.25, 0.3) is 5.91 Å². The minimum atomic E-state index is -0.618. The number of halogens is 2. The van der Waals surface area contributed by atoms with Crippen molar-refractivity contribution >= 4 is 42.1 Å². The molecule has 6 nitrogen and oxygen atoms in total. The van der Waals surface area contributed by atoms with E-state index in [-0.39, 0.29) is 42.4 Å². The van der Waals surface area contributed by atoms with Gasteiger partial charge >= 0.3 is 0 Å². The van der Waals surface area contributed by atoms with Gasteiger partial charge in [-0.3, -0.25) is 4.79 Å². The van der Waals surface area contributed by atoms with Gasteiger partial charge in [0.1, 0.15) is 5.60 Å². The Morgan fingerprint density at radius 2 is 2.08 bits per heavy atom. The molecule has 1 aromatic rings. The summed E-state index contributed by atoms with van der Waals surface area (Å²) in [6.45, 7) is 3.38. The lowest BCUT2D eigenvalue weighted by atomic mass is 9.86. The summed E-state index contributed by atoms with van der Waals surface area (Å²) in [6, 6.07) is 1.69. The minimum absolute atomic E-state index is 0. The van der Waals surface area contributed by atoms with Crippen LogP contribution >= 0.6 is 36.2 Å². The third-order valence-corrected chi connectivity index (χ3v) is 6.57. The van der Waals surface area contributed by atoms with Crippen LogP contribution in [0.5, 0.6) is 0 Å². The first-order chi connectivity index (χ1) is 11.1. The summed E-state index contributed by atoms with van der Waals surface area (Å²) in [5.74, 6) is -0.0134. The quantitative estimate of drug-likeness (QED) is 0.640. The van der Waals surface area contributed by atoms with Crippen LogP contribution in [0.3, 0.4) is 0 Å². The number of nitrogens with zero attached hydrogens (tertiary/aromatic N) is 1. The van der Waals surface area contributed by atoms with E-state index in [1.54, 1.807) is 16.2 Å². The van der Waals surface area contributed by atoms with Crippen LogP contribution in [0.15, 0.2) is 6.07 Å². The molecular formula is C16H25Cl2N3O3S. The van der Waals surface area contributed by atoms with Gasteiger partial charge in [0.2, 0.25) is 0 Å². The van der Waals surface area contributed by atoms with Crippen molar-refractivity contribution in [3.63, 3.8) is 0 Å². The van der Waals surface area contributed by atoms with Crippen molar-refractivity contribution < 1.29 is 14.6 Å². The SMILES string of the molecule is Cl.Cl.N[C@@H]1CN(C(=O)c2cc3c(s2)C2(CCNCC2)OCC3)C[C@H]1O. The molecule has 2 fully saturated rings. The normalized spacial score (nSPS) is 27.4. The van der Waals surface area contributed by atoms with Crippen LogP contribution in [-0.4, -0.2) is 60.8 Å². The van der Waals surface area contributed by atoms with Crippen LogP contribution in [0.25, 0.3) is 0 Å². The predicted octanol–water partition coefficient (Wildman–Crippen LogP) is 0.887. The summed E-state index contributed by atoms with van der Waals surface area (Å²) in [6.07, 6.45) is 2.17. The van der Waals surface area contributed by atoms with Gasteiger partial charge in [0.05, 0.1) is 17.6 Å². The van der Waals surface area contributed by atoms with Crippen LogP contribution in [0.1, 0.15) is 33.0 Å². The number of aliphatic hydroxyl groups excluding tert-OH is 1. The lowest BCUT2D eigenvalue weighted by molar-refractivity contribution is -0.0771. The Labute approximate surface area is 163 Å². The van der Waals surface area contributed by atoms with E-state index in [2.05, 4.69) is 5.32 Å². The Bertz CT molecular complexity index is 612. The number of hydrogen-bond acceptors (Lipinski definition) is 6. The van der Waals surface area contributed by atoms with Crippen molar-refractivity contribution in [3.8, 4) is 0 Å². The third kappa shape index (κ3) is 3.69. The Kier molecular flexibility index (Phi) is 6.76. The summed E-state index contributed by atoms with van der Waals surface area (Å²) in [4.78, 5) is 16.4. The molecule has 4 N–H and O–H groups in total. The number of hydrogen-bond donors (Lipinski definition) is 3. The Balaban J connectivity index is 0.00000113. The molecule has 0 radical (unpaired) electrons. The molecule has 0 unspecified atom stereocenters. The highest BCUT2D eigenvalue weighted by molar-refractivity contribution is 7.14. The van der Waals surface area contributed by atoms with Gasteiger partial charge < -0.3 is 25.8 Å². The molecule has 0 aliphatic carbocycles. The van der Waals surface area contributed by atoms with Crippen LogP contribution in [0, 0.1) is 0 Å². The fourth-order valence-corrected chi connectivity index (χ4v) is 5.24. The number of nitrogens with two attached hydrogens (primary N) is 1. The maximum absolute atomic E-state index is 12.7. The number of β-amino-alcohol motifs (C(OH)–C–C–N with tert-alkyl or cyclic N) is 1. The maximum Gasteiger partial charge on any atom is 0.264 e. The zero-order chi connectivity index (χ0) is 16.0. The topological polar surface area (TPSA) is 87.8 Å². The van der Waals surface area contributed by atoms with E-state index in [4.69, 9.17) is 10.5 Å². The average Bonchev–Trinajstić information content (AvgIpc) is 3.13. The zero-order valence-electron chi connectivity index (χ0n) is 13.9. The van der Waals surface area contributed by atoms with Gasteiger partial charge in [-0.15, -0.1) is 36.2 Å². The van der Waals surface area contributed by atoms with E-state index in [0.717, 1.165) is 43.8 Å². The molecule has 0 aromatic carbocycles. The van der Waals surface area contributed by atoms with Gasteiger partial charge in [-0.1, -0.05) is 0 Å². The molecule has 9 heteroatoms. The molecular weight excluding hydrogens is 385 g/mol. The first-order valence-electron chi connectivity index (χ1n) is 8.30. The lowest BCUT2D eigenvalue weighted by Gasteiger charge is -2.40. The molecule has 2 atom stereocenters. The monoisotopic (exact) mass is 409 g/mol. The molecule has 4 heterocycles. The molecule has 3 aliphatic rings. The molecule has 1 aromatic heterocycles. The fourth-order valence-electron chi connectivity index (χ4n) is 3.86. The number of likely N-dealkylation sites (tertiary alicyclic amines) is 1. The van der Waals surface area contributed by atoms with Gasteiger partial charge in [0, 0.05) is 24.0 Å². The smallest absolute Gasteiger partial charge is 0.264 e.